The molecule has 1 unspecified atom stereocenters. The van der Waals surface area contributed by atoms with Crippen LogP contribution in [-0.4, -0.2) is 54.5 Å². The van der Waals surface area contributed by atoms with Crippen molar-refractivity contribution in [3.8, 4) is 0 Å². The van der Waals surface area contributed by atoms with Crippen LogP contribution < -0.4 is 4.90 Å². The van der Waals surface area contributed by atoms with Crippen molar-refractivity contribution in [1.29, 1.82) is 0 Å². The third-order valence-corrected chi connectivity index (χ3v) is 4.38. The number of aliphatic hydroxyl groups excluding tert-OH is 1. The number of halogens is 2. The van der Waals surface area contributed by atoms with E-state index in [1.54, 1.807) is 4.90 Å². The lowest BCUT2D eigenvalue weighted by molar-refractivity contribution is -0.138. The number of hydrogen-bond donors (Lipinski definition) is 1. The minimum Gasteiger partial charge on any atom is -0.395 e. The lowest BCUT2D eigenvalue weighted by atomic mass is 10.1. The van der Waals surface area contributed by atoms with Crippen molar-refractivity contribution in [2.45, 2.75) is 26.7 Å². The molecule has 0 bridgehead atoms. The van der Waals surface area contributed by atoms with E-state index < -0.39 is 24.8 Å². The molecule has 132 valence electrons. The van der Waals surface area contributed by atoms with Gasteiger partial charge >= 0.3 is 0 Å². The second kappa shape index (κ2) is 7.70. The summed E-state index contributed by atoms with van der Waals surface area (Å²) in [7, 11) is 0. The van der Waals surface area contributed by atoms with Crippen LogP contribution in [0, 0.1) is 19.8 Å². The summed E-state index contributed by atoms with van der Waals surface area (Å²) >= 11 is 0. The van der Waals surface area contributed by atoms with Gasteiger partial charge in [-0.05, 0) is 31.0 Å². The molecule has 5 nitrogen and oxygen atoms in total. The van der Waals surface area contributed by atoms with Crippen molar-refractivity contribution < 1.29 is 23.5 Å². The Kier molecular flexibility index (Phi) is 5.88. The van der Waals surface area contributed by atoms with Gasteiger partial charge in [0, 0.05) is 25.2 Å². The number of aryl methyl sites for hydroxylation is 1. The van der Waals surface area contributed by atoms with Crippen LogP contribution in [0.3, 0.4) is 0 Å². The summed E-state index contributed by atoms with van der Waals surface area (Å²) in [6.45, 7) is 2.74. The van der Waals surface area contributed by atoms with Gasteiger partial charge in [0.05, 0.1) is 19.1 Å². The predicted molar refractivity (Wildman–Crippen MR) is 86.0 cm³/mol. The van der Waals surface area contributed by atoms with E-state index >= 15 is 0 Å². The Balaban J connectivity index is 2.16. The maximum Gasteiger partial charge on any atom is 0.255 e. The molecule has 1 aliphatic rings. The summed E-state index contributed by atoms with van der Waals surface area (Å²) in [4.78, 5) is 27.2. The van der Waals surface area contributed by atoms with Crippen molar-refractivity contribution in [3.63, 3.8) is 0 Å². The molecule has 1 aliphatic heterocycles. The van der Waals surface area contributed by atoms with Crippen LogP contribution in [0.5, 0.6) is 0 Å². The molecule has 0 radical (unpaired) electrons. The predicted octanol–water partition coefficient (Wildman–Crippen LogP) is 1.74. The van der Waals surface area contributed by atoms with Crippen LogP contribution >= 0.6 is 0 Å². The third kappa shape index (κ3) is 3.90. The molecular weight excluding hydrogens is 318 g/mol. The first-order valence-electron chi connectivity index (χ1n) is 7.89. The van der Waals surface area contributed by atoms with Crippen molar-refractivity contribution >= 4 is 17.5 Å². The van der Waals surface area contributed by atoms with Crippen LogP contribution in [0.2, 0.25) is 0 Å². The highest BCUT2D eigenvalue weighted by atomic mass is 19.3. The van der Waals surface area contributed by atoms with Crippen LogP contribution in [0.1, 0.15) is 17.5 Å². The molecule has 7 heteroatoms. The largest absolute Gasteiger partial charge is 0.395 e. The van der Waals surface area contributed by atoms with Crippen molar-refractivity contribution in [1.82, 2.24) is 4.90 Å². The Bertz CT molecular complexity index is 622. The normalized spacial score (nSPS) is 17.7. The maximum absolute atomic E-state index is 12.6. The van der Waals surface area contributed by atoms with E-state index in [4.69, 9.17) is 5.11 Å². The number of alkyl halides is 2. The summed E-state index contributed by atoms with van der Waals surface area (Å²) in [6, 6.07) is 5.60. The van der Waals surface area contributed by atoms with Crippen LogP contribution in [0.15, 0.2) is 18.2 Å². The zero-order valence-corrected chi connectivity index (χ0v) is 13.8. The monoisotopic (exact) mass is 340 g/mol. The number of rotatable bonds is 6. The van der Waals surface area contributed by atoms with E-state index in [0.29, 0.717) is 0 Å². The zero-order chi connectivity index (χ0) is 17.9. The molecule has 1 aromatic carbocycles. The Morgan fingerprint density at radius 2 is 2.12 bits per heavy atom. The van der Waals surface area contributed by atoms with Gasteiger partial charge in [-0.1, -0.05) is 12.1 Å². The van der Waals surface area contributed by atoms with Gasteiger partial charge in [-0.15, -0.1) is 0 Å². The van der Waals surface area contributed by atoms with Crippen molar-refractivity contribution in [2.24, 2.45) is 5.92 Å². The second-order valence-corrected chi connectivity index (χ2v) is 6.02. The number of hydrogen-bond acceptors (Lipinski definition) is 3. The summed E-state index contributed by atoms with van der Waals surface area (Å²) in [5.41, 5.74) is 2.74. The number of carbonyl (C=O) groups excluding carboxylic acids is 2. The molecule has 1 atom stereocenters. The lowest BCUT2D eigenvalue weighted by Crippen LogP contribution is -2.41. The Hall–Kier alpha value is -2.02. The number of amides is 2. The zero-order valence-electron chi connectivity index (χ0n) is 13.8. The number of nitrogens with zero attached hydrogens (tertiary/aromatic N) is 2. The molecule has 1 N–H and O–H groups in total. The number of anilines is 1. The molecule has 1 aromatic rings. The van der Waals surface area contributed by atoms with E-state index in [-0.39, 0.29) is 32.0 Å². The SMILES string of the molecule is Cc1cccc(N2CC(C(=O)N(CCO)CC(F)F)CC2=O)c1C. The molecule has 1 heterocycles. The van der Waals surface area contributed by atoms with Gasteiger partial charge < -0.3 is 14.9 Å². The van der Waals surface area contributed by atoms with Gasteiger partial charge in [0.25, 0.3) is 6.43 Å². The topological polar surface area (TPSA) is 60.9 Å². The smallest absolute Gasteiger partial charge is 0.255 e. The average molecular weight is 340 g/mol. The Morgan fingerprint density at radius 1 is 1.42 bits per heavy atom. The molecule has 0 spiro atoms. The first-order valence-corrected chi connectivity index (χ1v) is 7.89. The Morgan fingerprint density at radius 3 is 2.75 bits per heavy atom. The summed E-state index contributed by atoms with van der Waals surface area (Å²) < 4.78 is 25.2. The van der Waals surface area contributed by atoms with E-state index in [1.165, 1.54) is 0 Å². The highest BCUT2D eigenvalue weighted by Gasteiger charge is 2.38. The van der Waals surface area contributed by atoms with Crippen molar-refractivity contribution in [2.75, 3.05) is 31.1 Å². The highest BCUT2D eigenvalue weighted by molar-refractivity contribution is 6.00. The summed E-state index contributed by atoms with van der Waals surface area (Å²) in [5, 5.41) is 8.97. The van der Waals surface area contributed by atoms with E-state index in [0.717, 1.165) is 21.7 Å². The van der Waals surface area contributed by atoms with Crippen molar-refractivity contribution in [3.05, 3.63) is 29.3 Å². The van der Waals surface area contributed by atoms with Gasteiger partial charge in [0.1, 0.15) is 0 Å². The minimum absolute atomic E-state index is 0.00260. The molecule has 2 amide bonds. The maximum atomic E-state index is 12.6. The molecular formula is C17H22F2N2O3. The van der Waals surface area contributed by atoms with Gasteiger partial charge in [0.15, 0.2) is 0 Å². The molecule has 2 rings (SSSR count). The summed E-state index contributed by atoms with van der Waals surface area (Å²) in [5.74, 6) is -1.36. The highest BCUT2D eigenvalue weighted by Crippen LogP contribution is 2.30. The first kappa shape index (κ1) is 18.3. The van der Waals surface area contributed by atoms with Crippen LogP contribution in [-0.2, 0) is 9.59 Å². The molecule has 0 aromatic heterocycles. The van der Waals surface area contributed by atoms with Gasteiger partial charge in [-0.2, -0.15) is 0 Å². The second-order valence-electron chi connectivity index (χ2n) is 6.02. The fourth-order valence-electron chi connectivity index (χ4n) is 2.97. The average Bonchev–Trinajstić information content (AvgIpc) is 2.90. The van der Waals surface area contributed by atoms with Gasteiger partial charge in [0.2, 0.25) is 11.8 Å². The lowest BCUT2D eigenvalue weighted by Gasteiger charge is -2.25. The fraction of sp³-hybridized carbons (Fsp3) is 0.529. The molecule has 24 heavy (non-hydrogen) atoms. The van der Waals surface area contributed by atoms with Gasteiger partial charge in [-0.25, -0.2) is 8.78 Å². The summed E-state index contributed by atoms with van der Waals surface area (Å²) in [6.07, 6.45) is -2.68. The standard InChI is InChI=1S/C17H22F2N2O3/c1-11-4-3-5-14(12(11)2)21-9-13(8-16(21)23)17(24)20(6-7-22)10-15(18)19/h3-5,13,15,22H,6-10H2,1-2H3. The fourth-order valence-corrected chi connectivity index (χ4v) is 2.97. The quantitative estimate of drug-likeness (QED) is 0.858. The van der Waals surface area contributed by atoms with E-state index in [9.17, 15) is 18.4 Å². The van der Waals surface area contributed by atoms with Gasteiger partial charge in [-0.3, -0.25) is 9.59 Å². The molecule has 0 saturated carbocycles. The number of benzene rings is 1. The molecule has 1 fully saturated rings. The minimum atomic E-state index is -2.67. The van der Waals surface area contributed by atoms with E-state index in [1.807, 2.05) is 32.0 Å². The third-order valence-electron chi connectivity index (χ3n) is 4.38. The number of carbonyl (C=O) groups is 2. The Labute approximate surface area is 139 Å². The van der Waals surface area contributed by atoms with E-state index in [2.05, 4.69) is 0 Å². The van der Waals surface area contributed by atoms with Crippen LogP contribution in [0.4, 0.5) is 14.5 Å². The number of aliphatic hydroxyl groups is 1. The molecule has 0 aliphatic carbocycles. The molecule has 1 saturated heterocycles. The first-order chi connectivity index (χ1) is 11.3. The van der Waals surface area contributed by atoms with Crippen LogP contribution in [0.25, 0.3) is 0 Å².